The number of benzene rings is 2. The van der Waals surface area contributed by atoms with Gasteiger partial charge in [-0.15, -0.1) is 11.3 Å². The Labute approximate surface area is 180 Å². The molecular formula is C19H16BrN3O4S2. The number of carbonyl (C=O) groups excluding carboxylic acids is 2. The Hall–Kier alpha value is -2.69. The van der Waals surface area contributed by atoms with Crippen molar-refractivity contribution in [3.8, 4) is 0 Å². The highest BCUT2D eigenvalue weighted by atomic mass is 79.9. The van der Waals surface area contributed by atoms with Crippen LogP contribution in [0.15, 0.2) is 75.4 Å². The van der Waals surface area contributed by atoms with E-state index in [2.05, 4.69) is 31.3 Å². The van der Waals surface area contributed by atoms with Crippen LogP contribution in [0.25, 0.3) is 0 Å². The first-order chi connectivity index (χ1) is 13.8. The smallest absolute Gasteiger partial charge is 0.261 e. The van der Waals surface area contributed by atoms with Crippen LogP contribution in [0.3, 0.4) is 0 Å². The molecule has 1 heterocycles. The number of thiophene rings is 1. The number of halogens is 1. The summed E-state index contributed by atoms with van der Waals surface area (Å²) in [6.07, 6.45) is 0. The van der Waals surface area contributed by atoms with Crippen molar-refractivity contribution in [2.24, 2.45) is 0 Å². The number of amides is 2. The summed E-state index contributed by atoms with van der Waals surface area (Å²) in [7, 11) is -3.82. The molecule has 0 aliphatic heterocycles. The molecule has 2 amide bonds. The fourth-order valence-corrected chi connectivity index (χ4v) is 4.34. The van der Waals surface area contributed by atoms with E-state index in [1.807, 2.05) is 0 Å². The number of sulfonamides is 1. The maximum Gasteiger partial charge on any atom is 0.261 e. The third-order valence-electron chi connectivity index (χ3n) is 3.68. The minimum atomic E-state index is -3.82. The van der Waals surface area contributed by atoms with E-state index in [0.717, 1.165) is 4.47 Å². The van der Waals surface area contributed by atoms with Gasteiger partial charge in [-0.25, -0.2) is 8.42 Å². The number of rotatable bonds is 7. The first-order valence-corrected chi connectivity index (χ1v) is 11.5. The lowest BCUT2D eigenvalue weighted by molar-refractivity contribution is -0.115. The zero-order valence-electron chi connectivity index (χ0n) is 14.9. The average Bonchev–Trinajstić information content (AvgIpc) is 3.23. The third kappa shape index (κ3) is 5.89. The fourth-order valence-electron chi connectivity index (χ4n) is 2.33. The molecule has 3 aromatic rings. The van der Waals surface area contributed by atoms with E-state index in [0.29, 0.717) is 16.3 Å². The average molecular weight is 494 g/mol. The maximum absolute atomic E-state index is 12.6. The molecule has 3 rings (SSSR count). The van der Waals surface area contributed by atoms with Crippen LogP contribution in [-0.2, 0) is 14.8 Å². The predicted octanol–water partition coefficient (Wildman–Crippen LogP) is 3.68. The molecule has 0 saturated heterocycles. The molecule has 0 saturated carbocycles. The first-order valence-electron chi connectivity index (χ1n) is 8.33. The van der Waals surface area contributed by atoms with Gasteiger partial charge in [0.05, 0.1) is 16.3 Å². The molecule has 0 unspecified atom stereocenters. The van der Waals surface area contributed by atoms with Gasteiger partial charge in [0.25, 0.3) is 15.9 Å². The number of carbonyl (C=O) groups is 2. The molecule has 7 nitrogen and oxygen atoms in total. The van der Waals surface area contributed by atoms with Crippen LogP contribution in [0.5, 0.6) is 0 Å². The van der Waals surface area contributed by atoms with Crippen LogP contribution < -0.4 is 15.4 Å². The van der Waals surface area contributed by atoms with Gasteiger partial charge in [-0.2, -0.15) is 0 Å². The van der Waals surface area contributed by atoms with E-state index in [4.69, 9.17) is 0 Å². The Morgan fingerprint density at radius 1 is 0.966 bits per heavy atom. The lowest BCUT2D eigenvalue weighted by Crippen LogP contribution is -2.32. The molecule has 0 radical (unpaired) electrons. The van der Waals surface area contributed by atoms with Crippen molar-refractivity contribution >= 4 is 60.5 Å². The lowest BCUT2D eigenvalue weighted by Gasteiger charge is -2.11. The molecule has 10 heteroatoms. The fraction of sp³-hybridized carbons (Fsp3) is 0.0526. The van der Waals surface area contributed by atoms with Crippen LogP contribution in [0.4, 0.5) is 11.4 Å². The number of hydrogen-bond acceptors (Lipinski definition) is 5. The van der Waals surface area contributed by atoms with Crippen LogP contribution >= 0.6 is 27.3 Å². The second-order valence-electron chi connectivity index (χ2n) is 5.85. The van der Waals surface area contributed by atoms with Crippen molar-refractivity contribution < 1.29 is 18.0 Å². The minimum absolute atomic E-state index is 0.000778. The van der Waals surface area contributed by atoms with E-state index in [9.17, 15) is 18.0 Å². The molecule has 0 bridgehead atoms. The standard InChI is InChI=1S/C19H16BrN3O4S2/c20-13-6-8-14(9-7-13)23-29(26,27)16-4-1-3-15(11-16)22-18(24)12-21-19(25)17-5-2-10-28-17/h1-11,23H,12H2,(H,21,25)(H,22,24). The van der Waals surface area contributed by atoms with Crippen molar-refractivity contribution in [3.63, 3.8) is 0 Å². The van der Waals surface area contributed by atoms with Crippen molar-refractivity contribution in [3.05, 3.63) is 75.4 Å². The van der Waals surface area contributed by atoms with Gasteiger partial charge in [0.2, 0.25) is 5.91 Å². The lowest BCUT2D eigenvalue weighted by atomic mass is 10.3. The van der Waals surface area contributed by atoms with E-state index in [1.54, 1.807) is 47.8 Å². The van der Waals surface area contributed by atoms with Crippen molar-refractivity contribution in [1.82, 2.24) is 5.32 Å². The Morgan fingerprint density at radius 3 is 2.41 bits per heavy atom. The number of nitrogens with one attached hydrogen (secondary N) is 3. The van der Waals surface area contributed by atoms with Gasteiger partial charge < -0.3 is 10.6 Å². The van der Waals surface area contributed by atoms with E-state index >= 15 is 0 Å². The van der Waals surface area contributed by atoms with E-state index < -0.39 is 15.9 Å². The summed E-state index contributed by atoms with van der Waals surface area (Å²) in [5.74, 6) is -0.810. The Balaban J connectivity index is 1.63. The van der Waals surface area contributed by atoms with Gasteiger partial charge in [-0.1, -0.05) is 28.1 Å². The van der Waals surface area contributed by atoms with Crippen LogP contribution in [0.1, 0.15) is 9.67 Å². The SMILES string of the molecule is O=C(CNC(=O)c1cccs1)Nc1cccc(S(=O)(=O)Nc2ccc(Br)cc2)c1. The summed E-state index contributed by atoms with van der Waals surface area (Å²) in [4.78, 5) is 24.5. The molecular weight excluding hydrogens is 478 g/mol. The second kappa shape index (κ2) is 9.21. The van der Waals surface area contributed by atoms with Crippen LogP contribution in [0, 0.1) is 0 Å². The van der Waals surface area contributed by atoms with Crippen molar-refractivity contribution in [2.75, 3.05) is 16.6 Å². The van der Waals surface area contributed by atoms with Gasteiger partial charge in [0.15, 0.2) is 0 Å². The topological polar surface area (TPSA) is 104 Å². The van der Waals surface area contributed by atoms with Crippen molar-refractivity contribution in [1.29, 1.82) is 0 Å². The number of anilines is 2. The summed E-state index contributed by atoms with van der Waals surface area (Å²) >= 11 is 4.56. The van der Waals surface area contributed by atoms with Gasteiger partial charge in [0, 0.05) is 15.8 Å². The molecule has 0 spiro atoms. The van der Waals surface area contributed by atoms with Gasteiger partial charge in [-0.3, -0.25) is 14.3 Å². The summed E-state index contributed by atoms with van der Waals surface area (Å²) in [6, 6.07) is 16.0. The molecule has 0 aliphatic carbocycles. The Kier molecular flexibility index (Phi) is 6.68. The van der Waals surface area contributed by atoms with Crippen LogP contribution in [0.2, 0.25) is 0 Å². The quantitative estimate of drug-likeness (QED) is 0.466. The van der Waals surface area contributed by atoms with Gasteiger partial charge in [-0.05, 0) is 53.9 Å². The summed E-state index contributed by atoms with van der Waals surface area (Å²) < 4.78 is 28.5. The highest BCUT2D eigenvalue weighted by molar-refractivity contribution is 9.10. The maximum atomic E-state index is 12.6. The van der Waals surface area contributed by atoms with Gasteiger partial charge in [0.1, 0.15) is 0 Å². The number of hydrogen-bond donors (Lipinski definition) is 3. The normalized spacial score (nSPS) is 10.9. The highest BCUT2D eigenvalue weighted by Crippen LogP contribution is 2.21. The second-order valence-corrected chi connectivity index (χ2v) is 9.39. The largest absolute Gasteiger partial charge is 0.342 e. The highest BCUT2D eigenvalue weighted by Gasteiger charge is 2.15. The summed E-state index contributed by atoms with van der Waals surface area (Å²) in [5, 5.41) is 6.86. The molecule has 0 aliphatic rings. The zero-order valence-corrected chi connectivity index (χ0v) is 18.1. The molecule has 2 aromatic carbocycles. The summed E-state index contributed by atoms with van der Waals surface area (Å²) in [5.41, 5.74) is 0.720. The van der Waals surface area contributed by atoms with Crippen LogP contribution in [-0.4, -0.2) is 26.8 Å². The van der Waals surface area contributed by atoms with E-state index in [1.165, 1.54) is 29.5 Å². The predicted molar refractivity (Wildman–Crippen MR) is 117 cm³/mol. The third-order valence-corrected chi connectivity index (χ3v) is 6.46. The molecule has 0 fully saturated rings. The van der Waals surface area contributed by atoms with E-state index in [-0.39, 0.29) is 17.3 Å². The molecule has 29 heavy (non-hydrogen) atoms. The minimum Gasteiger partial charge on any atom is -0.342 e. The summed E-state index contributed by atoms with van der Waals surface area (Å²) in [6.45, 7) is -0.231. The molecule has 0 atom stereocenters. The Morgan fingerprint density at radius 2 is 1.72 bits per heavy atom. The Bertz CT molecular complexity index is 1110. The zero-order chi connectivity index (χ0) is 20.9. The molecule has 3 N–H and O–H groups in total. The van der Waals surface area contributed by atoms with Gasteiger partial charge >= 0.3 is 0 Å². The monoisotopic (exact) mass is 493 g/mol. The first kappa shape index (κ1) is 21.0. The van der Waals surface area contributed by atoms with Crippen molar-refractivity contribution in [2.45, 2.75) is 4.90 Å². The molecule has 1 aromatic heterocycles. The molecule has 150 valence electrons.